The molecule has 3 saturated heterocycles. The summed E-state index contributed by atoms with van der Waals surface area (Å²) in [6.45, 7) is 4.11. The van der Waals surface area contributed by atoms with Gasteiger partial charge >= 0.3 is 0 Å². The van der Waals surface area contributed by atoms with Crippen LogP contribution < -0.4 is 10.6 Å². The summed E-state index contributed by atoms with van der Waals surface area (Å²) in [6, 6.07) is 2.15. The average Bonchev–Trinajstić information content (AvgIpc) is 2.55. The summed E-state index contributed by atoms with van der Waals surface area (Å²) in [5.74, 6) is 4.49. The zero-order valence-corrected chi connectivity index (χ0v) is 18.4. The Morgan fingerprint density at radius 1 is 1.12 bits per heavy atom. The predicted octanol–water partition coefficient (Wildman–Crippen LogP) is 3.32. The number of piperidine rings is 2. The van der Waals surface area contributed by atoms with Crippen molar-refractivity contribution in [2.75, 3.05) is 31.6 Å². The normalized spacial score (nSPS) is 32.1. The molecule has 24 heavy (non-hydrogen) atoms. The van der Waals surface area contributed by atoms with E-state index in [0.29, 0.717) is 6.04 Å². The Morgan fingerprint density at radius 2 is 1.79 bits per heavy atom. The number of thioether (sulfide) groups is 1. The third-order valence-electron chi connectivity index (χ3n) is 5.87. The summed E-state index contributed by atoms with van der Waals surface area (Å²) in [6.07, 6.45) is 9.39. The number of guanidine groups is 1. The Bertz CT molecular complexity index is 386. The van der Waals surface area contributed by atoms with Gasteiger partial charge in [0.2, 0.25) is 0 Å². The molecule has 4 nitrogen and oxygen atoms in total. The Balaban J connectivity index is 0.00000208. The second-order valence-electron chi connectivity index (χ2n) is 7.49. The largest absolute Gasteiger partial charge is 0.357 e. The molecule has 0 aromatic heterocycles. The first-order chi connectivity index (χ1) is 11.3. The second kappa shape index (κ2) is 10.5. The summed E-state index contributed by atoms with van der Waals surface area (Å²) in [5, 5.41) is 7.22. The van der Waals surface area contributed by atoms with Gasteiger partial charge in [-0.3, -0.25) is 4.99 Å². The monoisotopic (exact) mass is 466 g/mol. The lowest BCUT2D eigenvalue weighted by atomic mass is 9.82. The lowest BCUT2D eigenvalue weighted by Crippen LogP contribution is -2.56. The standard InChI is InChI=1S/C18H34N4S.HI/c1-3-19-18(20-13-14-7-9-23-10-8-14)21-15-11-16-5-4-6-17(12-15)22(16)2;/h14-17H,3-13H2,1-2H3,(H2,19,20,21);1H. The van der Waals surface area contributed by atoms with Crippen LogP contribution in [0.5, 0.6) is 0 Å². The fourth-order valence-corrected chi connectivity index (χ4v) is 5.60. The Kier molecular flexibility index (Phi) is 8.98. The molecule has 3 aliphatic heterocycles. The molecule has 2 unspecified atom stereocenters. The quantitative estimate of drug-likeness (QED) is 0.379. The third kappa shape index (κ3) is 5.66. The van der Waals surface area contributed by atoms with E-state index >= 15 is 0 Å². The SMILES string of the molecule is CCNC(=NCC1CCSCC1)NC1CC2CCCC(C1)N2C.I. The number of nitrogens with one attached hydrogen (secondary N) is 2. The Morgan fingerprint density at radius 3 is 2.42 bits per heavy atom. The summed E-state index contributed by atoms with van der Waals surface area (Å²) >= 11 is 2.10. The smallest absolute Gasteiger partial charge is 0.191 e. The van der Waals surface area contributed by atoms with E-state index in [2.05, 4.69) is 41.3 Å². The van der Waals surface area contributed by atoms with Gasteiger partial charge in [0.15, 0.2) is 5.96 Å². The van der Waals surface area contributed by atoms with Crippen LogP contribution in [0, 0.1) is 5.92 Å². The van der Waals surface area contributed by atoms with Gasteiger partial charge in [-0.1, -0.05) is 6.42 Å². The van der Waals surface area contributed by atoms with E-state index in [0.717, 1.165) is 37.1 Å². The first-order valence-corrected chi connectivity index (χ1v) is 10.8. The van der Waals surface area contributed by atoms with Gasteiger partial charge in [-0.25, -0.2) is 0 Å². The van der Waals surface area contributed by atoms with Crippen LogP contribution in [0.2, 0.25) is 0 Å². The molecule has 2 atom stereocenters. The van der Waals surface area contributed by atoms with Crippen molar-refractivity contribution in [2.45, 2.75) is 70.0 Å². The van der Waals surface area contributed by atoms with E-state index in [4.69, 9.17) is 4.99 Å². The van der Waals surface area contributed by atoms with Crippen molar-refractivity contribution in [1.29, 1.82) is 0 Å². The van der Waals surface area contributed by atoms with E-state index in [9.17, 15) is 0 Å². The van der Waals surface area contributed by atoms with E-state index in [1.54, 1.807) is 0 Å². The molecule has 0 amide bonds. The summed E-state index contributed by atoms with van der Waals surface area (Å²) in [5.41, 5.74) is 0. The molecule has 6 heteroatoms. The van der Waals surface area contributed by atoms with E-state index in [1.807, 2.05) is 0 Å². The number of fused-ring (bicyclic) bond motifs is 2. The van der Waals surface area contributed by atoms with Crippen molar-refractivity contribution >= 4 is 41.7 Å². The Labute approximate surface area is 169 Å². The van der Waals surface area contributed by atoms with Crippen molar-refractivity contribution in [2.24, 2.45) is 10.9 Å². The van der Waals surface area contributed by atoms with E-state index < -0.39 is 0 Å². The van der Waals surface area contributed by atoms with Gasteiger partial charge in [-0.15, -0.1) is 24.0 Å². The van der Waals surface area contributed by atoms with Gasteiger partial charge in [-0.05, 0) is 69.9 Å². The molecule has 0 saturated carbocycles. The highest BCUT2D eigenvalue weighted by Crippen LogP contribution is 2.32. The number of rotatable bonds is 4. The van der Waals surface area contributed by atoms with Gasteiger partial charge in [0.25, 0.3) is 0 Å². The minimum atomic E-state index is 0. The predicted molar refractivity (Wildman–Crippen MR) is 117 cm³/mol. The van der Waals surface area contributed by atoms with Crippen LogP contribution in [-0.2, 0) is 0 Å². The first-order valence-electron chi connectivity index (χ1n) is 9.60. The van der Waals surface area contributed by atoms with Crippen LogP contribution in [0.1, 0.15) is 51.9 Å². The Hall–Kier alpha value is 0.310. The zero-order chi connectivity index (χ0) is 16.1. The van der Waals surface area contributed by atoms with Crippen molar-refractivity contribution in [3.8, 4) is 0 Å². The molecule has 3 fully saturated rings. The van der Waals surface area contributed by atoms with Crippen LogP contribution in [0.4, 0.5) is 0 Å². The minimum Gasteiger partial charge on any atom is -0.357 e. The van der Waals surface area contributed by atoms with Gasteiger partial charge in [-0.2, -0.15) is 11.8 Å². The van der Waals surface area contributed by atoms with Gasteiger partial charge < -0.3 is 15.5 Å². The van der Waals surface area contributed by atoms with Crippen LogP contribution in [0.3, 0.4) is 0 Å². The van der Waals surface area contributed by atoms with Crippen LogP contribution >= 0.6 is 35.7 Å². The lowest BCUT2D eigenvalue weighted by Gasteiger charge is -2.47. The van der Waals surface area contributed by atoms with Crippen molar-refractivity contribution in [3.63, 3.8) is 0 Å². The average molecular weight is 466 g/mol. The lowest BCUT2D eigenvalue weighted by molar-refractivity contribution is 0.0526. The summed E-state index contributed by atoms with van der Waals surface area (Å²) in [4.78, 5) is 7.55. The van der Waals surface area contributed by atoms with Crippen molar-refractivity contribution in [3.05, 3.63) is 0 Å². The number of hydrogen-bond donors (Lipinski definition) is 2. The maximum Gasteiger partial charge on any atom is 0.191 e. The molecular formula is C18H35IN4S. The molecule has 0 spiro atoms. The molecule has 0 aromatic rings. The van der Waals surface area contributed by atoms with Gasteiger partial charge in [0.1, 0.15) is 0 Å². The fourth-order valence-electron chi connectivity index (χ4n) is 4.40. The van der Waals surface area contributed by atoms with E-state index in [-0.39, 0.29) is 24.0 Å². The highest BCUT2D eigenvalue weighted by atomic mass is 127. The molecule has 0 aromatic carbocycles. The highest BCUT2D eigenvalue weighted by molar-refractivity contribution is 14.0. The topological polar surface area (TPSA) is 39.7 Å². The second-order valence-corrected chi connectivity index (χ2v) is 8.72. The number of halogens is 1. The summed E-state index contributed by atoms with van der Waals surface area (Å²) < 4.78 is 0. The molecule has 0 aliphatic carbocycles. The van der Waals surface area contributed by atoms with Crippen molar-refractivity contribution < 1.29 is 0 Å². The molecule has 2 bridgehead atoms. The maximum atomic E-state index is 4.92. The number of aliphatic imine (C=N–C) groups is 1. The van der Waals surface area contributed by atoms with Crippen LogP contribution in [-0.4, -0.2) is 60.6 Å². The molecule has 3 rings (SSSR count). The first kappa shape index (κ1) is 20.6. The van der Waals surface area contributed by atoms with Crippen molar-refractivity contribution in [1.82, 2.24) is 15.5 Å². The third-order valence-corrected chi connectivity index (χ3v) is 6.92. The molecule has 2 N–H and O–H groups in total. The molecule has 3 aliphatic rings. The van der Waals surface area contributed by atoms with E-state index in [1.165, 1.54) is 56.5 Å². The van der Waals surface area contributed by atoms with Gasteiger partial charge in [0, 0.05) is 31.2 Å². The van der Waals surface area contributed by atoms with Gasteiger partial charge in [0.05, 0.1) is 0 Å². The zero-order valence-electron chi connectivity index (χ0n) is 15.3. The number of hydrogen-bond acceptors (Lipinski definition) is 3. The molecule has 0 radical (unpaired) electrons. The minimum absolute atomic E-state index is 0. The number of nitrogens with zero attached hydrogens (tertiary/aromatic N) is 2. The van der Waals surface area contributed by atoms with Crippen LogP contribution in [0.15, 0.2) is 4.99 Å². The maximum absolute atomic E-state index is 4.92. The van der Waals surface area contributed by atoms with Crippen LogP contribution in [0.25, 0.3) is 0 Å². The fraction of sp³-hybridized carbons (Fsp3) is 0.944. The molecule has 140 valence electrons. The molecule has 3 heterocycles. The molecular weight excluding hydrogens is 431 g/mol. The highest BCUT2D eigenvalue weighted by Gasteiger charge is 2.36. The summed E-state index contributed by atoms with van der Waals surface area (Å²) in [7, 11) is 2.32.